The van der Waals surface area contributed by atoms with Gasteiger partial charge >= 0.3 is 0 Å². The molecule has 4 atom stereocenters. The third-order valence-electron chi connectivity index (χ3n) is 7.28. The maximum Gasteiger partial charge on any atom is 0.289 e. The summed E-state index contributed by atoms with van der Waals surface area (Å²) in [5, 5.41) is 14.2. The Balaban J connectivity index is 1.53. The number of amides is 3. The molecule has 1 N–H and O–H groups in total. The van der Waals surface area contributed by atoms with E-state index in [0.717, 1.165) is 17.4 Å². The van der Waals surface area contributed by atoms with E-state index in [1.54, 1.807) is 6.07 Å². The second-order valence-electron chi connectivity index (χ2n) is 8.58. The van der Waals surface area contributed by atoms with Crippen molar-refractivity contribution >= 4 is 46.4 Å². The van der Waals surface area contributed by atoms with Crippen LogP contribution in [0.1, 0.15) is 18.4 Å². The molecule has 2 aromatic carbocycles. The van der Waals surface area contributed by atoms with Gasteiger partial charge in [-0.05, 0) is 37.6 Å². The fraction of sp³-hybridized carbons (Fsp3) is 0.318. The third kappa shape index (κ3) is 2.14. The quantitative estimate of drug-likeness (QED) is 0.426. The van der Waals surface area contributed by atoms with E-state index in [9.17, 15) is 24.5 Å². The lowest BCUT2D eigenvalue weighted by atomic mass is 9.75. The normalized spacial score (nSPS) is 30.6. The summed E-state index contributed by atoms with van der Waals surface area (Å²) in [7, 11) is 0. The highest BCUT2D eigenvalue weighted by Crippen LogP contribution is 2.60. The van der Waals surface area contributed by atoms with Crippen molar-refractivity contribution in [3.8, 4) is 0 Å². The summed E-state index contributed by atoms with van der Waals surface area (Å²) in [5.41, 5.74) is -0.207. The number of hydrogen-bond acceptors (Lipinski definition) is 6. The molecule has 10 heteroatoms. The molecule has 162 valence electrons. The van der Waals surface area contributed by atoms with E-state index < -0.39 is 34.1 Å². The monoisotopic (exact) mass is 452 g/mol. The van der Waals surface area contributed by atoms with Gasteiger partial charge in [0, 0.05) is 23.4 Å². The number of nitro benzene ring substituents is 1. The van der Waals surface area contributed by atoms with Gasteiger partial charge in [0.2, 0.25) is 17.7 Å². The lowest BCUT2D eigenvalue weighted by Crippen LogP contribution is -2.54. The van der Waals surface area contributed by atoms with Crippen molar-refractivity contribution in [2.24, 2.45) is 11.8 Å². The van der Waals surface area contributed by atoms with Crippen LogP contribution >= 0.6 is 11.6 Å². The molecule has 0 bridgehead atoms. The van der Waals surface area contributed by atoms with Crippen molar-refractivity contribution < 1.29 is 19.3 Å². The van der Waals surface area contributed by atoms with Gasteiger partial charge in [-0.25, -0.2) is 4.90 Å². The molecule has 0 aromatic heterocycles. The van der Waals surface area contributed by atoms with Crippen LogP contribution < -0.4 is 10.2 Å². The van der Waals surface area contributed by atoms with Gasteiger partial charge in [-0.2, -0.15) is 0 Å². The van der Waals surface area contributed by atoms with E-state index in [4.69, 9.17) is 11.6 Å². The number of imide groups is 1. The second kappa shape index (κ2) is 6.36. The Morgan fingerprint density at radius 2 is 1.91 bits per heavy atom. The number of anilines is 2. The maximum absolute atomic E-state index is 13.8. The highest BCUT2D eigenvalue weighted by molar-refractivity contribution is 6.33. The number of nitrogens with zero attached hydrogens (tertiary/aromatic N) is 3. The molecule has 32 heavy (non-hydrogen) atoms. The molecule has 1 spiro atoms. The zero-order valence-electron chi connectivity index (χ0n) is 16.7. The van der Waals surface area contributed by atoms with Crippen molar-refractivity contribution in [2.75, 3.05) is 16.8 Å². The summed E-state index contributed by atoms with van der Waals surface area (Å²) in [6.45, 7) is 0.617. The Hall–Kier alpha value is -3.30. The standard InChI is InChI=1S/C22H17ClN4O5/c23-13-8-7-11(10-16(13)27(31)32)26-19(28)17-15-6-3-9-25(15)22(18(17)20(26)29)12-4-1-2-5-14(12)24-21(22)30/h1-2,4-5,7-8,10,15,17-18H,3,6,9H2,(H,24,30)/t15-,17-,18+,22+/m1/s1. The summed E-state index contributed by atoms with van der Waals surface area (Å²) < 4.78 is 0. The molecule has 3 fully saturated rings. The molecule has 4 aliphatic heterocycles. The number of rotatable bonds is 2. The number of nitro groups is 1. The fourth-order valence-electron chi connectivity index (χ4n) is 6.19. The van der Waals surface area contributed by atoms with Crippen LogP contribution in [0, 0.1) is 22.0 Å². The van der Waals surface area contributed by atoms with Crippen LogP contribution in [-0.2, 0) is 19.9 Å². The van der Waals surface area contributed by atoms with E-state index in [1.807, 2.05) is 23.1 Å². The number of halogens is 1. The molecule has 4 aliphatic rings. The van der Waals surface area contributed by atoms with E-state index >= 15 is 0 Å². The first-order valence-electron chi connectivity index (χ1n) is 10.4. The molecule has 9 nitrogen and oxygen atoms in total. The van der Waals surface area contributed by atoms with Crippen molar-refractivity contribution in [3.63, 3.8) is 0 Å². The van der Waals surface area contributed by atoms with E-state index in [0.29, 0.717) is 24.2 Å². The molecule has 2 aromatic rings. The summed E-state index contributed by atoms with van der Waals surface area (Å²) in [5.74, 6) is -2.85. The summed E-state index contributed by atoms with van der Waals surface area (Å²) in [4.78, 5) is 54.6. The Morgan fingerprint density at radius 1 is 1.12 bits per heavy atom. The predicted molar refractivity (Wildman–Crippen MR) is 114 cm³/mol. The highest BCUT2D eigenvalue weighted by Gasteiger charge is 2.74. The Morgan fingerprint density at radius 3 is 2.69 bits per heavy atom. The van der Waals surface area contributed by atoms with Gasteiger partial charge in [0.05, 0.1) is 22.4 Å². The van der Waals surface area contributed by atoms with Crippen molar-refractivity contribution in [1.29, 1.82) is 0 Å². The van der Waals surface area contributed by atoms with Gasteiger partial charge in [0.25, 0.3) is 5.69 Å². The Bertz CT molecular complexity index is 1250. The van der Waals surface area contributed by atoms with Gasteiger partial charge in [-0.1, -0.05) is 29.8 Å². The number of nitrogens with one attached hydrogen (secondary N) is 1. The molecular formula is C22H17ClN4O5. The van der Waals surface area contributed by atoms with Gasteiger partial charge in [-0.3, -0.25) is 29.4 Å². The smallest absolute Gasteiger partial charge is 0.289 e. The SMILES string of the molecule is O=C1[C@@H]2[C@H]3CCCN3[C@]3(C(=O)Nc4ccccc43)[C@@H]2C(=O)N1c1ccc(Cl)c([N+](=O)[O-])c1. The number of benzene rings is 2. The minimum absolute atomic E-state index is 0.0828. The average Bonchev–Trinajstić information content (AvgIpc) is 3.47. The largest absolute Gasteiger partial charge is 0.324 e. The first kappa shape index (κ1) is 19.4. The minimum atomic E-state index is -1.26. The van der Waals surface area contributed by atoms with Crippen molar-refractivity contribution in [2.45, 2.75) is 24.4 Å². The fourth-order valence-corrected chi connectivity index (χ4v) is 6.38. The number of fused-ring (bicyclic) bond motifs is 7. The molecule has 4 heterocycles. The molecule has 6 rings (SSSR count). The number of para-hydroxylation sites is 1. The Kier molecular flexibility index (Phi) is 3.86. The lowest BCUT2D eigenvalue weighted by Gasteiger charge is -2.36. The van der Waals surface area contributed by atoms with E-state index in [2.05, 4.69) is 5.32 Å². The van der Waals surface area contributed by atoms with Crippen molar-refractivity contribution in [1.82, 2.24) is 4.90 Å². The maximum atomic E-state index is 13.8. The molecule has 3 amide bonds. The van der Waals surface area contributed by atoms with Crippen LogP contribution in [0.5, 0.6) is 0 Å². The topological polar surface area (TPSA) is 113 Å². The Labute approximate surface area is 187 Å². The zero-order chi connectivity index (χ0) is 22.4. The van der Waals surface area contributed by atoms with Gasteiger partial charge in [0.1, 0.15) is 10.6 Å². The zero-order valence-corrected chi connectivity index (χ0v) is 17.4. The minimum Gasteiger partial charge on any atom is -0.324 e. The van der Waals surface area contributed by atoms with Crippen LogP contribution in [0.2, 0.25) is 5.02 Å². The van der Waals surface area contributed by atoms with E-state index in [-0.39, 0.29) is 28.3 Å². The summed E-state index contributed by atoms with van der Waals surface area (Å²) in [6, 6.07) is 10.9. The molecule has 0 unspecified atom stereocenters. The molecule has 0 aliphatic carbocycles. The first-order valence-corrected chi connectivity index (χ1v) is 10.7. The number of carbonyl (C=O) groups excluding carboxylic acids is 3. The number of hydrogen-bond donors (Lipinski definition) is 1. The van der Waals surface area contributed by atoms with Gasteiger partial charge in [-0.15, -0.1) is 0 Å². The molecular weight excluding hydrogens is 436 g/mol. The number of carbonyl (C=O) groups is 3. The summed E-state index contributed by atoms with van der Waals surface area (Å²) >= 11 is 5.92. The molecule has 0 saturated carbocycles. The molecule has 3 saturated heterocycles. The predicted octanol–water partition coefficient (Wildman–Crippen LogP) is 2.68. The van der Waals surface area contributed by atoms with E-state index in [1.165, 1.54) is 12.1 Å². The highest BCUT2D eigenvalue weighted by atomic mass is 35.5. The van der Waals surface area contributed by atoms with Gasteiger partial charge < -0.3 is 5.32 Å². The second-order valence-corrected chi connectivity index (χ2v) is 8.98. The van der Waals surface area contributed by atoms with Crippen LogP contribution in [0.15, 0.2) is 42.5 Å². The van der Waals surface area contributed by atoms with Crippen LogP contribution in [0.3, 0.4) is 0 Å². The van der Waals surface area contributed by atoms with Crippen LogP contribution in [0.25, 0.3) is 0 Å². The lowest BCUT2D eigenvalue weighted by molar-refractivity contribution is -0.384. The molecule has 0 radical (unpaired) electrons. The first-order chi connectivity index (χ1) is 15.4. The third-order valence-corrected chi connectivity index (χ3v) is 7.60. The van der Waals surface area contributed by atoms with Crippen LogP contribution in [0.4, 0.5) is 17.1 Å². The average molecular weight is 453 g/mol. The van der Waals surface area contributed by atoms with Crippen LogP contribution in [-0.4, -0.2) is 40.1 Å². The van der Waals surface area contributed by atoms with Gasteiger partial charge in [0.15, 0.2) is 0 Å². The summed E-state index contributed by atoms with van der Waals surface area (Å²) in [6.07, 6.45) is 1.52. The van der Waals surface area contributed by atoms with Crippen molar-refractivity contribution in [3.05, 3.63) is 63.2 Å².